The van der Waals surface area contributed by atoms with Crippen LogP contribution in [0.15, 0.2) is 18.2 Å². The molecule has 0 saturated carbocycles. The molecule has 0 aromatic heterocycles. The molecule has 3 nitrogen and oxygen atoms in total. The third-order valence-electron chi connectivity index (χ3n) is 1.69. The molecule has 0 bridgehead atoms. The van der Waals surface area contributed by atoms with Crippen molar-refractivity contribution in [2.75, 3.05) is 6.61 Å². The number of rotatable bonds is 3. The van der Waals surface area contributed by atoms with Crippen molar-refractivity contribution in [2.24, 2.45) is 5.73 Å². The van der Waals surface area contributed by atoms with Crippen LogP contribution in [0.5, 0.6) is 5.75 Å². The fraction of sp³-hybridized carbons (Fsp3) is 0.300. The van der Waals surface area contributed by atoms with Crippen LogP contribution in [0.25, 0.3) is 0 Å². The first-order valence-corrected chi connectivity index (χ1v) is 4.23. The molecule has 1 rings (SSSR count). The lowest BCUT2D eigenvalue weighted by atomic mass is 10.1. The highest BCUT2D eigenvalue weighted by molar-refractivity contribution is 5.26. The Morgan fingerprint density at radius 1 is 1.47 bits per heavy atom. The van der Waals surface area contributed by atoms with Crippen LogP contribution >= 0.6 is 0 Å². The number of halogens is 2. The lowest BCUT2D eigenvalue weighted by Crippen LogP contribution is -2.40. The molecule has 0 aliphatic rings. The molecule has 0 spiro atoms. The van der Waals surface area contributed by atoms with Crippen LogP contribution < -0.4 is 10.5 Å². The first-order chi connectivity index (χ1) is 6.96. The molecule has 80 valence electrons. The van der Waals surface area contributed by atoms with Gasteiger partial charge in [0.15, 0.2) is 17.4 Å². The summed E-state index contributed by atoms with van der Waals surface area (Å²) in [5.41, 5.74) is 4.16. The second kappa shape index (κ2) is 4.24. The Labute approximate surface area is 86.1 Å². The van der Waals surface area contributed by atoms with Crippen molar-refractivity contribution in [3.63, 3.8) is 0 Å². The van der Waals surface area contributed by atoms with E-state index in [9.17, 15) is 8.78 Å². The molecule has 1 aromatic carbocycles. The third kappa shape index (κ3) is 2.89. The first-order valence-electron chi connectivity index (χ1n) is 4.23. The van der Waals surface area contributed by atoms with Crippen LogP contribution in [0.4, 0.5) is 8.78 Å². The molecule has 5 heteroatoms. The number of nitrogens with zero attached hydrogens (tertiary/aromatic N) is 1. The number of benzene rings is 1. The Hall–Kier alpha value is -1.67. The normalized spacial score (nSPS) is 14.1. The van der Waals surface area contributed by atoms with E-state index in [1.165, 1.54) is 13.0 Å². The van der Waals surface area contributed by atoms with Gasteiger partial charge in [0.2, 0.25) is 0 Å². The number of nitrogens with two attached hydrogens (primary N) is 1. The van der Waals surface area contributed by atoms with E-state index in [4.69, 9.17) is 15.7 Å². The van der Waals surface area contributed by atoms with Crippen molar-refractivity contribution in [1.82, 2.24) is 0 Å². The summed E-state index contributed by atoms with van der Waals surface area (Å²) in [5, 5.41) is 8.57. The Bertz CT molecular complexity index is 379. The topological polar surface area (TPSA) is 59.0 Å². The van der Waals surface area contributed by atoms with Crippen molar-refractivity contribution in [1.29, 1.82) is 5.26 Å². The smallest absolute Gasteiger partial charge is 0.190 e. The molecular formula is C10H10F2N2O. The molecule has 0 radical (unpaired) electrons. The fourth-order valence-electron chi connectivity index (χ4n) is 0.875. The minimum Gasteiger partial charge on any atom is -0.485 e. The largest absolute Gasteiger partial charge is 0.485 e. The van der Waals surface area contributed by atoms with Gasteiger partial charge in [-0.25, -0.2) is 8.78 Å². The van der Waals surface area contributed by atoms with Gasteiger partial charge in [-0.2, -0.15) is 5.26 Å². The summed E-state index contributed by atoms with van der Waals surface area (Å²) in [6.45, 7) is 1.13. The minimum absolute atomic E-state index is 0.276. The predicted octanol–water partition coefficient (Wildman–Crippen LogP) is 1.58. The molecule has 0 heterocycles. The summed E-state index contributed by atoms with van der Waals surface area (Å²) in [5.74, 6) is -2.14. The zero-order valence-electron chi connectivity index (χ0n) is 8.13. The van der Waals surface area contributed by atoms with Gasteiger partial charge in [-0.05, 0) is 19.1 Å². The molecule has 0 aliphatic heterocycles. The van der Waals surface area contributed by atoms with E-state index in [2.05, 4.69) is 0 Å². The van der Waals surface area contributed by atoms with E-state index < -0.39 is 22.9 Å². The fourth-order valence-corrected chi connectivity index (χ4v) is 0.875. The molecule has 0 aliphatic carbocycles. The Morgan fingerprint density at radius 2 is 2.00 bits per heavy atom. The highest BCUT2D eigenvalue weighted by Gasteiger charge is 2.20. The Balaban J connectivity index is 2.79. The Morgan fingerprint density at radius 3 is 2.47 bits per heavy atom. The number of para-hydroxylation sites is 1. The van der Waals surface area contributed by atoms with Gasteiger partial charge in [-0.1, -0.05) is 6.07 Å². The molecule has 0 fully saturated rings. The monoisotopic (exact) mass is 212 g/mol. The zero-order chi connectivity index (χ0) is 11.5. The van der Waals surface area contributed by atoms with E-state index in [1.54, 1.807) is 6.07 Å². The van der Waals surface area contributed by atoms with Crippen LogP contribution in [0.3, 0.4) is 0 Å². The summed E-state index contributed by atoms with van der Waals surface area (Å²) in [4.78, 5) is 0. The second-order valence-corrected chi connectivity index (χ2v) is 3.37. The average Bonchev–Trinajstić information content (AvgIpc) is 2.17. The molecule has 1 aromatic rings. The molecule has 1 unspecified atom stereocenters. The van der Waals surface area contributed by atoms with E-state index in [0.29, 0.717) is 0 Å². The second-order valence-electron chi connectivity index (χ2n) is 3.37. The quantitative estimate of drug-likeness (QED) is 0.827. The molecule has 2 N–H and O–H groups in total. The third-order valence-corrected chi connectivity index (χ3v) is 1.69. The van der Waals surface area contributed by atoms with Gasteiger partial charge in [0.05, 0.1) is 6.07 Å². The van der Waals surface area contributed by atoms with Crippen LogP contribution in [0, 0.1) is 23.0 Å². The van der Waals surface area contributed by atoms with E-state index >= 15 is 0 Å². The SMILES string of the molecule is CC(N)(C#N)COc1c(F)cccc1F. The van der Waals surface area contributed by atoms with Crippen molar-refractivity contribution in [3.8, 4) is 11.8 Å². The van der Waals surface area contributed by atoms with Crippen LogP contribution in [0.1, 0.15) is 6.92 Å². The molecular weight excluding hydrogens is 202 g/mol. The van der Waals surface area contributed by atoms with Gasteiger partial charge in [0, 0.05) is 0 Å². The van der Waals surface area contributed by atoms with Gasteiger partial charge in [0.25, 0.3) is 0 Å². The maximum atomic E-state index is 13.0. The molecule has 0 saturated heterocycles. The van der Waals surface area contributed by atoms with Crippen molar-refractivity contribution < 1.29 is 13.5 Å². The van der Waals surface area contributed by atoms with Crippen molar-refractivity contribution in [3.05, 3.63) is 29.8 Å². The first kappa shape index (κ1) is 11.4. The van der Waals surface area contributed by atoms with E-state index in [-0.39, 0.29) is 6.61 Å². The predicted molar refractivity (Wildman–Crippen MR) is 50.1 cm³/mol. The lowest BCUT2D eigenvalue weighted by Gasteiger charge is -2.16. The number of ether oxygens (including phenoxy) is 1. The zero-order valence-corrected chi connectivity index (χ0v) is 8.13. The van der Waals surface area contributed by atoms with Gasteiger partial charge < -0.3 is 10.5 Å². The molecule has 1 atom stereocenters. The van der Waals surface area contributed by atoms with Crippen molar-refractivity contribution >= 4 is 0 Å². The van der Waals surface area contributed by atoms with Crippen LogP contribution in [0.2, 0.25) is 0 Å². The number of hydrogen-bond acceptors (Lipinski definition) is 3. The van der Waals surface area contributed by atoms with Gasteiger partial charge in [0.1, 0.15) is 12.1 Å². The highest BCUT2D eigenvalue weighted by atomic mass is 19.1. The van der Waals surface area contributed by atoms with Crippen LogP contribution in [-0.2, 0) is 0 Å². The lowest BCUT2D eigenvalue weighted by molar-refractivity contribution is 0.242. The molecule has 15 heavy (non-hydrogen) atoms. The number of nitriles is 1. The summed E-state index contributed by atoms with van der Waals surface area (Å²) in [6.07, 6.45) is 0. The summed E-state index contributed by atoms with van der Waals surface area (Å²) >= 11 is 0. The van der Waals surface area contributed by atoms with Gasteiger partial charge >= 0.3 is 0 Å². The van der Waals surface area contributed by atoms with E-state index in [1.807, 2.05) is 0 Å². The standard InChI is InChI=1S/C10H10F2N2O/c1-10(14,5-13)6-15-9-7(11)3-2-4-8(9)12/h2-4H,6,14H2,1H3. The summed E-state index contributed by atoms with van der Waals surface area (Å²) < 4.78 is 30.9. The van der Waals surface area contributed by atoms with Gasteiger partial charge in [-0.3, -0.25) is 0 Å². The summed E-state index contributed by atoms with van der Waals surface area (Å²) in [6, 6.07) is 5.12. The van der Waals surface area contributed by atoms with Crippen LogP contribution in [-0.4, -0.2) is 12.1 Å². The van der Waals surface area contributed by atoms with Crippen molar-refractivity contribution in [2.45, 2.75) is 12.5 Å². The van der Waals surface area contributed by atoms with Gasteiger partial charge in [-0.15, -0.1) is 0 Å². The maximum absolute atomic E-state index is 13.0. The number of hydrogen-bond donors (Lipinski definition) is 1. The average molecular weight is 212 g/mol. The maximum Gasteiger partial charge on any atom is 0.190 e. The Kier molecular flexibility index (Phi) is 3.22. The minimum atomic E-state index is -1.27. The van der Waals surface area contributed by atoms with E-state index in [0.717, 1.165) is 12.1 Å². The highest BCUT2D eigenvalue weighted by Crippen LogP contribution is 2.21. The molecule has 0 amide bonds. The summed E-state index contributed by atoms with van der Waals surface area (Å²) in [7, 11) is 0.